The molecule has 16 heavy (non-hydrogen) atoms. The topological polar surface area (TPSA) is 55.0 Å². The summed E-state index contributed by atoms with van der Waals surface area (Å²) in [6, 6.07) is 0. The van der Waals surface area contributed by atoms with Crippen LogP contribution >= 0.6 is 0 Å². The van der Waals surface area contributed by atoms with E-state index in [0.29, 0.717) is 18.2 Å². The molecule has 1 aromatic rings. The molecule has 0 saturated heterocycles. The lowest BCUT2D eigenvalue weighted by molar-refractivity contribution is 0.0518. The summed E-state index contributed by atoms with van der Waals surface area (Å²) in [7, 11) is 0. The van der Waals surface area contributed by atoms with Crippen LogP contribution in [0.3, 0.4) is 0 Å². The van der Waals surface area contributed by atoms with Crippen molar-refractivity contribution in [2.75, 3.05) is 6.61 Å². The number of aromatic amines is 1. The van der Waals surface area contributed by atoms with E-state index in [4.69, 9.17) is 4.74 Å². The fourth-order valence-electron chi connectivity index (χ4n) is 1.58. The van der Waals surface area contributed by atoms with E-state index in [1.165, 1.54) is 12.8 Å². The van der Waals surface area contributed by atoms with Gasteiger partial charge in [-0.1, -0.05) is 13.8 Å². The van der Waals surface area contributed by atoms with Gasteiger partial charge in [-0.3, -0.25) is 5.10 Å². The number of esters is 1. The third kappa shape index (κ3) is 2.62. The van der Waals surface area contributed by atoms with Gasteiger partial charge in [-0.25, -0.2) is 4.79 Å². The highest BCUT2D eigenvalue weighted by molar-refractivity contribution is 5.89. The number of hydrogen-bond donors (Lipinski definition) is 1. The average Bonchev–Trinajstić information content (AvgIpc) is 3.06. The molecule has 0 unspecified atom stereocenters. The number of carbonyl (C=O) groups is 1. The zero-order valence-corrected chi connectivity index (χ0v) is 10.5. The molecule has 0 aliphatic heterocycles. The van der Waals surface area contributed by atoms with Crippen molar-refractivity contribution in [3.63, 3.8) is 0 Å². The molecule has 1 aliphatic rings. The van der Waals surface area contributed by atoms with Crippen molar-refractivity contribution < 1.29 is 9.53 Å². The van der Waals surface area contributed by atoms with E-state index in [0.717, 1.165) is 11.3 Å². The van der Waals surface area contributed by atoms with E-state index in [1.54, 1.807) is 6.92 Å². The summed E-state index contributed by atoms with van der Waals surface area (Å²) in [5, 5.41) is 6.92. The van der Waals surface area contributed by atoms with Gasteiger partial charge in [-0.15, -0.1) is 0 Å². The predicted molar refractivity (Wildman–Crippen MR) is 62.6 cm³/mol. The maximum atomic E-state index is 11.4. The monoisotopic (exact) mass is 224 g/mol. The van der Waals surface area contributed by atoms with Crippen molar-refractivity contribution in [2.45, 2.75) is 46.5 Å². The van der Waals surface area contributed by atoms with Crippen LogP contribution in [-0.2, 0) is 4.74 Å². The molecule has 4 nitrogen and oxygen atoms in total. The van der Waals surface area contributed by atoms with Crippen molar-refractivity contribution in [2.24, 2.45) is 0 Å². The van der Waals surface area contributed by atoms with E-state index in [-0.39, 0.29) is 5.97 Å². The van der Waals surface area contributed by atoms with Gasteiger partial charge in [0.15, 0.2) is 5.69 Å². The fourth-order valence-corrected chi connectivity index (χ4v) is 1.58. The molecule has 1 fully saturated rings. The summed E-state index contributed by atoms with van der Waals surface area (Å²) in [6.45, 7) is 8.11. The summed E-state index contributed by atoms with van der Waals surface area (Å²) in [5.74, 6) is 0.263. The van der Waals surface area contributed by atoms with Crippen LogP contribution in [0.5, 0.6) is 0 Å². The van der Waals surface area contributed by atoms with E-state index < -0.39 is 0 Å². The zero-order chi connectivity index (χ0) is 12.1. The third-order valence-corrected chi connectivity index (χ3v) is 2.50. The lowest BCUT2D eigenvalue weighted by Gasteiger charge is -1.99. The molecule has 4 heteroatoms. The van der Waals surface area contributed by atoms with Crippen LogP contribution in [0, 0.1) is 6.92 Å². The van der Waals surface area contributed by atoms with Crippen LogP contribution in [0.2, 0.25) is 0 Å². The van der Waals surface area contributed by atoms with Gasteiger partial charge in [0, 0.05) is 17.2 Å². The molecular weight excluding hydrogens is 204 g/mol. The minimum absolute atomic E-state index is 0.326. The van der Waals surface area contributed by atoms with Crippen LogP contribution in [0.15, 0.2) is 0 Å². The van der Waals surface area contributed by atoms with Crippen LogP contribution in [0.4, 0.5) is 0 Å². The average molecular weight is 224 g/mol. The zero-order valence-electron chi connectivity index (χ0n) is 10.5. The molecule has 0 bridgehead atoms. The van der Waals surface area contributed by atoms with Crippen LogP contribution < -0.4 is 0 Å². The lowest BCUT2D eigenvalue weighted by Crippen LogP contribution is -2.06. The molecule has 1 aromatic heterocycles. The molecule has 0 amide bonds. The van der Waals surface area contributed by atoms with Gasteiger partial charge in [0.2, 0.25) is 0 Å². The maximum Gasteiger partial charge on any atom is 0.359 e. The molecule has 0 aromatic carbocycles. The SMILES string of the molecule is CC.CCOC(=O)c1n[nH]c(C2CC2)c1C. The summed E-state index contributed by atoms with van der Waals surface area (Å²) >= 11 is 0. The van der Waals surface area contributed by atoms with Crippen molar-refractivity contribution in [3.8, 4) is 0 Å². The third-order valence-electron chi connectivity index (χ3n) is 2.50. The molecule has 1 heterocycles. The Morgan fingerprint density at radius 3 is 2.62 bits per heavy atom. The fraction of sp³-hybridized carbons (Fsp3) is 0.667. The summed E-state index contributed by atoms with van der Waals surface area (Å²) in [4.78, 5) is 11.4. The number of hydrogen-bond acceptors (Lipinski definition) is 3. The largest absolute Gasteiger partial charge is 0.461 e. The predicted octanol–water partition coefficient (Wildman–Crippen LogP) is 2.80. The highest BCUT2D eigenvalue weighted by atomic mass is 16.5. The van der Waals surface area contributed by atoms with E-state index in [2.05, 4.69) is 10.2 Å². The quantitative estimate of drug-likeness (QED) is 0.803. The molecule has 0 atom stereocenters. The minimum Gasteiger partial charge on any atom is -0.461 e. The Balaban J connectivity index is 0.000000606. The Bertz CT molecular complexity index is 354. The van der Waals surface area contributed by atoms with Crippen molar-refractivity contribution in [3.05, 3.63) is 17.0 Å². The number of rotatable bonds is 3. The second kappa shape index (κ2) is 5.68. The van der Waals surface area contributed by atoms with Gasteiger partial charge in [0.1, 0.15) is 0 Å². The second-order valence-corrected chi connectivity index (χ2v) is 3.61. The first kappa shape index (κ1) is 12.7. The van der Waals surface area contributed by atoms with E-state index >= 15 is 0 Å². The number of H-pyrrole nitrogens is 1. The van der Waals surface area contributed by atoms with E-state index in [1.807, 2.05) is 20.8 Å². The molecule has 0 spiro atoms. The Labute approximate surface area is 96.4 Å². The molecule has 0 radical (unpaired) electrons. The van der Waals surface area contributed by atoms with Gasteiger partial charge < -0.3 is 4.74 Å². The number of aromatic nitrogens is 2. The molecule has 1 saturated carbocycles. The van der Waals surface area contributed by atoms with Crippen molar-refractivity contribution in [1.82, 2.24) is 10.2 Å². The number of ether oxygens (including phenoxy) is 1. The normalized spacial score (nSPS) is 14.0. The van der Waals surface area contributed by atoms with E-state index in [9.17, 15) is 4.79 Å². The number of nitrogens with zero attached hydrogens (tertiary/aromatic N) is 1. The molecule has 1 aliphatic carbocycles. The van der Waals surface area contributed by atoms with Gasteiger partial charge in [-0.05, 0) is 26.7 Å². The van der Waals surface area contributed by atoms with Gasteiger partial charge in [0.05, 0.1) is 6.61 Å². The first-order valence-corrected chi connectivity index (χ1v) is 5.96. The Hall–Kier alpha value is -1.32. The van der Waals surface area contributed by atoms with Crippen LogP contribution in [-0.4, -0.2) is 22.8 Å². The molecule has 1 N–H and O–H groups in total. The highest BCUT2D eigenvalue weighted by Gasteiger charge is 2.29. The molecule has 2 rings (SSSR count). The van der Waals surface area contributed by atoms with Crippen molar-refractivity contribution in [1.29, 1.82) is 0 Å². The van der Waals surface area contributed by atoms with Gasteiger partial charge in [-0.2, -0.15) is 5.10 Å². The molecular formula is C12H20N2O2. The van der Waals surface area contributed by atoms with Gasteiger partial charge >= 0.3 is 5.97 Å². The lowest BCUT2D eigenvalue weighted by atomic mass is 10.1. The minimum atomic E-state index is -0.326. The highest BCUT2D eigenvalue weighted by Crippen LogP contribution is 2.40. The Kier molecular flexibility index (Phi) is 4.52. The summed E-state index contributed by atoms with van der Waals surface area (Å²) in [6.07, 6.45) is 2.40. The summed E-state index contributed by atoms with van der Waals surface area (Å²) < 4.78 is 4.90. The first-order valence-electron chi connectivity index (χ1n) is 5.96. The molecule has 90 valence electrons. The van der Waals surface area contributed by atoms with Crippen molar-refractivity contribution >= 4 is 5.97 Å². The smallest absolute Gasteiger partial charge is 0.359 e. The number of carbonyl (C=O) groups excluding carboxylic acids is 1. The number of nitrogens with one attached hydrogen (secondary N) is 1. The summed E-state index contributed by atoms with van der Waals surface area (Å²) in [5.41, 5.74) is 2.49. The Morgan fingerprint density at radius 2 is 2.12 bits per heavy atom. The second-order valence-electron chi connectivity index (χ2n) is 3.61. The Morgan fingerprint density at radius 1 is 1.50 bits per heavy atom. The van der Waals surface area contributed by atoms with Gasteiger partial charge in [0.25, 0.3) is 0 Å². The standard InChI is InChI=1S/C10H14N2O2.C2H6/c1-3-14-10(13)9-6(2)8(11-12-9)7-4-5-7;1-2/h7H,3-5H2,1-2H3,(H,11,12);1-2H3. The maximum absolute atomic E-state index is 11.4. The first-order chi connectivity index (χ1) is 7.74. The van der Waals surface area contributed by atoms with Crippen LogP contribution in [0.25, 0.3) is 0 Å². The van der Waals surface area contributed by atoms with Crippen LogP contribution in [0.1, 0.15) is 61.3 Å².